The Bertz CT molecular complexity index is 759. The van der Waals surface area contributed by atoms with Crippen LogP contribution in [0.3, 0.4) is 0 Å². The average molecular weight is 322 g/mol. The van der Waals surface area contributed by atoms with Gasteiger partial charge in [0.15, 0.2) is 6.61 Å². The van der Waals surface area contributed by atoms with E-state index in [4.69, 9.17) is 10.00 Å². The molecule has 0 unspecified atom stereocenters. The van der Waals surface area contributed by atoms with Gasteiger partial charge >= 0.3 is 5.97 Å². The summed E-state index contributed by atoms with van der Waals surface area (Å²) in [6.07, 6.45) is 0. The van der Waals surface area contributed by atoms with Crippen LogP contribution in [0.15, 0.2) is 48.5 Å². The molecule has 1 N–H and O–H groups in total. The van der Waals surface area contributed by atoms with Gasteiger partial charge in [-0.25, -0.2) is 4.79 Å². The van der Waals surface area contributed by atoms with Crippen molar-refractivity contribution >= 4 is 11.9 Å². The molecule has 24 heavy (non-hydrogen) atoms. The molecule has 0 aliphatic carbocycles. The molecule has 5 nitrogen and oxygen atoms in total. The standard InChI is InChI=1S/C19H18N2O3/c1-13-3-7-16(8-4-13)14(2)21-18(22)12-24-19(23)17-9-5-15(11-20)6-10-17/h3-10,14H,12H2,1-2H3,(H,21,22)/t14-/m0/s1. The molecule has 1 atom stereocenters. The third kappa shape index (κ3) is 4.68. The van der Waals surface area contributed by atoms with E-state index in [-0.39, 0.29) is 18.6 Å². The number of benzene rings is 2. The quantitative estimate of drug-likeness (QED) is 0.858. The highest BCUT2D eigenvalue weighted by atomic mass is 16.5. The van der Waals surface area contributed by atoms with Crippen molar-refractivity contribution < 1.29 is 14.3 Å². The molecule has 0 aliphatic heterocycles. The van der Waals surface area contributed by atoms with Gasteiger partial charge in [-0.2, -0.15) is 5.26 Å². The van der Waals surface area contributed by atoms with Gasteiger partial charge < -0.3 is 10.1 Å². The zero-order chi connectivity index (χ0) is 17.5. The van der Waals surface area contributed by atoms with Crippen LogP contribution in [0.1, 0.15) is 40.0 Å². The van der Waals surface area contributed by atoms with Crippen LogP contribution < -0.4 is 5.32 Å². The molecule has 0 aromatic heterocycles. The minimum Gasteiger partial charge on any atom is -0.452 e. The van der Waals surface area contributed by atoms with Crippen molar-refractivity contribution in [1.82, 2.24) is 5.32 Å². The molecule has 5 heteroatoms. The normalized spacial score (nSPS) is 11.2. The molecule has 0 aliphatic rings. The van der Waals surface area contributed by atoms with Crippen molar-refractivity contribution in [3.63, 3.8) is 0 Å². The lowest BCUT2D eigenvalue weighted by Crippen LogP contribution is -2.31. The fourth-order valence-corrected chi connectivity index (χ4v) is 2.12. The minimum absolute atomic E-state index is 0.174. The summed E-state index contributed by atoms with van der Waals surface area (Å²) < 4.78 is 4.99. The van der Waals surface area contributed by atoms with Gasteiger partial charge in [-0.1, -0.05) is 29.8 Å². The van der Waals surface area contributed by atoms with Crippen molar-refractivity contribution in [1.29, 1.82) is 5.26 Å². The van der Waals surface area contributed by atoms with Crippen LogP contribution in [-0.2, 0) is 9.53 Å². The molecule has 0 spiro atoms. The zero-order valence-corrected chi connectivity index (χ0v) is 13.6. The van der Waals surface area contributed by atoms with E-state index in [9.17, 15) is 9.59 Å². The first-order valence-electron chi connectivity index (χ1n) is 7.53. The maximum atomic E-state index is 11.9. The molecule has 2 aromatic rings. The highest BCUT2D eigenvalue weighted by Crippen LogP contribution is 2.13. The summed E-state index contributed by atoms with van der Waals surface area (Å²) >= 11 is 0. The van der Waals surface area contributed by atoms with Gasteiger partial charge in [0.2, 0.25) is 0 Å². The maximum absolute atomic E-state index is 11.9. The molecule has 0 saturated heterocycles. The van der Waals surface area contributed by atoms with Crippen LogP contribution in [0, 0.1) is 18.3 Å². The van der Waals surface area contributed by atoms with Crippen molar-refractivity contribution in [3.05, 3.63) is 70.8 Å². The minimum atomic E-state index is -0.599. The largest absolute Gasteiger partial charge is 0.452 e. The third-order valence-corrected chi connectivity index (χ3v) is 3.54. The Labute approximate surface area is 140 Å². The van der Waals surface area contributed by atoms with E-state index in [2.05, 4.69) is 5.32 Å². The summed E-state index contributed by atoms with van der Waals surface area (Å²) in [5.41, 5.74) is 2.88. The molecule has 0 heterocycles. The number of aryl methyl sites for hydroxylation is 1. The second kappa shape index (κ2) is 7.93. The van der Waals surface area contributed by atoms with E-state index >= 15 is 0 Å². The second-order valence-corrected chi connectivity index (χ2v) is 5.47. The molecule has 1 amide bonds. The smallest absolute Gasteiger partial charge is 0.338 e. The lowest BCUT2D eigenvalue weighted by molar-refractivity contribution is -0.124. The number of esters is 1. The SMILES string of the molecule is Cc1ccc([C@H](C)NC(=O)COC(=O)c2ccc(C#N)cc2)cc1. The van der Waals surface area contributed by atoms with Crippen LogP contribution in [0.5, 0.6) is 0 Å². The van der Waals surface area contributed by atoms with E-state index in [1.54, 1.807) is 0 Å². The lowest BCUT2D eigenvalue weighted by atomic mass is 10.1. The summed E-state index contributed by atoms with van der Waals surface area (Å²) in [5, 5.41) is 11.5. The van der Waals surface area contributed by atoms with Crippen molar-refractivity contribution in [2.24, 2.45) is 0 Å². The molecule has 2 rings (SSSR count). The molecule has 122 valence electrons. The van der Waals surface area contributed by atoms with E-state index in [0.717, 1.165) is 11.1 Å². The van der Waals surface area contributed by atoms with E-state index in [1.807, 2.05) is 44.2 Å². The van der Waals surface area contributed by atoms with Gasteiger partial charge in [0.25, 0.3) is 5.91 Å². The number of carbonyl (C=O) groups is 2. The van der Waals surface area contributed by atoms with Gasteiger partial charge in [0.1, 0.15) is 0 Å². The van der Waals surface area contributed by atoms with Gasteiger partial charge in [0.05, 0.1) is 23.2 Å². The lowest BCUT2D eigenvalue weighted by Gasteiger charge is -2.14. The fraction of sp³-hybridized carbons (Fsp3) is 0.211. The third-order valence-electron chi connectivity index (χ3n) is 3.54. The van der Waals surface area contributed by atoms with Gasteiger partial charge in [-0.15, -0.1) is 0 Å². The molecular formula is C19H18N2O3. The van der Waals surface area contributed by atoms with Crippen molar-refractivity contribution in [2.45, 2.75) is 19.9 Å². The highest BCUT2D eigenvalue weighted by Gasteiger charge is 2.13. The van der Waals surface area contributed by atoms with E-state index < -0.39 is 5.97 Å². The highest BCUT2D eigenvalue weighted by molar-refractivity contribution is 5.91. The number of carbonyl (C=O) groups excluding carboxylic acids is 2. The number of nitrogens with one attached hydrogen (secondary N) is 1. The Morgan fingerprint density at radius 1 is 1.12 bits per heavy atom. The van der Waals surface area contributed by atoms with Crippen LogP contribution >= 0.6 is 0 Å². The Hall–Kier alpha value is -3.13. The van der Waals surface area contributed by atoms with Crippen LogP contribution in [-0.4, -0.2) is 18.5 Å². The fourth-order valence-electron chi connectivity index (χ4n) is 2.12. The Balaban J connectivity index is 1.84. The molecule has 0 fully saturated rings. The number of amides is 1. The number of hydrogen-bond acceptors (Lipinski definition) is 4. The summed E-state index contributed by atoms with van der Waals surface area (Å²) in [4.78, 5) is 23.8. The predicted octanol–water partition coefficient (Wildman–Crippen LogP) is 2.90. The zero-order valence-electron chi connectivity index (χ0n) is 13.6. The van der Waals surface area contributed by atoms with Crippen LogP contribution in [0.2, 0.25) is 0 Å². The van der Waals surface area contributed by atoms with Crippen molar-refractivity contribution in [3.8, 4) is 6.07 Å². The number of nitriles is 1. The summed E-state index contributed by atoms with van der Waals surface area (Å²) in [5.74, 6) is -0.970. The summed E-state index contributed by atoms with van der Waals surface area (Å²) in [7, 11) is 0. The van der Waals surface area contributed by atoms with E-state index in [1.165, 1.54) is 24.3 Å². The molecular weight excluding hydrogens is 304 g/mol. The number of ether oxygens (including phenoxy) is 1. The monoisotopic (exact) mass is 322 g/mol. The molecule has 2 aromatic carbocycles. The number of hydrogen-bond donors (Lipinski definition) is 1. The Morgan fingerprint density at radius 3 is 2.33 bits per heavy atom. The topological polar surface area (TPSA) is 79.2 Å². The second-order valence-electron chi connectivity index (χ2n) is 5.47. The van der Waals surface area contributed by atoms with Gasteiger partial charge in [-0.3, -0.25) is 4.79 Å². The van der Waals surface area contributed by atoms with Crippen LogP contribution in [0.4, 0.5) is 0 Å². The summed E-state index contributed by atoms with van der Waals surface area (Å²) in [6, 6.07) is 15.7. The average Bonchev–Trinajstić information content (AvgIpc) is 2.60. The first-order valence-corrected chi connectivity index (χ1v) is 7.53. The first kappa shape index (κ1) is 17.2. The first-order chi connectivity index (χ1) is 11.5. The van der Waals surface area contributed by atoms with E-state index in [0.29, 0.717) is 11.1 Å². The van der Waals surface area contributed by atoms with Crippen LogP contribution in [0.25, 0.3) is 0 Å². The molecule has 0 bridgehead atoms. The van der Waals surface area contributed by atoms with Gasteiger partial charge in [0, 0.05) is 0 Å². The number of rotatable bonds is 5. The van der Waals surface area contributed by atoms with Gasteiger partial charge in [-0.05, 0) is 43.7 Å². The Kier molecular flexibility index (Phi) is 5.69. The molecule has 0 saturated carbocycles. The predicted molar refractivity (Wildman–Crippen MR) is 89.2 cm³/mol. The molecule has 0 radical (unpaired) electrons. The Morgan fingerprint density at radius 2 is 1.75 bits per heavy atom. The van der Waals surface area contributed by atoms with Crippen molar-refractivity contribution in [2.75, 3.05) is 6.61 Å². The maximum Gasteiger partial charge on any atom is 0.338 e. The number of nitrogens with zero attached hydrogens (tertiary/aromatic N) is 1. The summed E-state index contributed by atoms with van der Waals surface area (Å²) in [6.45, 7) is 3.51.